The molecule has 1 amide bonds. The van der Waals surface area contributed by atoms with E-state index in [0.29, 0.717) is 6.61 Å². The van der Waals surface area contributed by atoms with Gasteiger partial charge in [0.25, 0.3) is 0 Å². The number of amides is 1. The number of ether oxygens (including phenoxy) is 1. The highest BCUT2D eigenvalue weighted by atomic mass is 32.2. The molecule has 0 spiro atoms. The van der Waals surface area contributed by atoms with Crippen LogP contribution in [0.2, 0.25) is 0 Å². The molecule has 0 aliphatic rings. The minimum Gasteiger partial charge on any atom is -0.479 e. The second-order valence-corrected chi connectivity index (χ2v) is 6.90. The zero-order valence-corrected chi connectivity index (χ0v) is 16.0. The highest BCUT2D eigenvalue weighted by Crippen LogP contribution is 2.28. The zero-order valence-electron chi connectivity index (χ0n) is 15.2. The molecule has 0 heterocycles. The first-order valence-corrected chi connectivity index (χ1v) is 9.37. The van der Waals surface area contributed by atoms with Gasteiger partial charge >= 0.3 is 5.97 Å². The van der Waals surface area contributed by atoms with E-state index in [1.165, 1.54) is 0 Å². The molecule has 0 radical (unpaired) electrons. The van der Waals surface area contributed by atoms with E-state index in [1.54, 1.807) is 12.0 Å². The van der Waals surface area contributed by atoms with Crippen LogP contribution in [0.1, 0.15) is 25.0 Å². The molecular weight excluding hydrogens is 342 g/mol. The van der Waals surface area contributed by atoms with Crippen molar-refractivity contribution in [2.75, 3.05) is 30.1 Å². The van der Waals surface area contributed by atoms with Crippen LogP contribution in [0.4, 0.5) is 5.69 Å². The molecule has 1 aromatic rings. The number of benzene rings is 1. The van der Waals surface area contributed by atoms with Crippen molar-refractivity contribution in [1.82, 2.24) is 0 Å². The van der Waals surface area contributed by atoms with Crippen molar-refractivity contribution in [3.05, 3.63) is 29.3 Å². The Hall–Kier alpha value is -1.57. The summed E-state index contributed by atoms with van der Waals surface area (Å²) in [7, 11) is 1.59. The molecule has 6 nitrogen and oxygen atoms in total. The summed E-state index contributed by atoms with van der Waals surface area (Å²) in [5.41, 5.74) is 2.97. The van der Waals surface area contributed by atoms with Gasteiger partial charge in [0.15, 0.2) is 6.10 Å². The summed E-state index contributed by atoms with van der Waals surface area (Å²) in [4.78, 5) is 25.3. The molecule has 0 aliphatic heterocycles. The highest BCUT2D eigenvalue weighted by molar-refractivity contribution is 8.00. The van der Waals surface area contributed by atoms with E-state index in [2.05, 4.69) is 0 Å². The third-order valence-electron chi connectivity index (χ3n) is 3.85. The summed E-state index contributed by atoms with van der Waals surface area (Å²) < 4.78 is 5.23. The summed E-state index contributed by atoms with van der Waals surface area (Å²) in [6.07, 6.45) is -0.668. The Balaban J connectivity index is 3.02. The lowest BCUT2D eigenvalue weighted by atomic mass is 10.0. The van der Waals surface area contributed by atoms with Crippen molar-refractivity contribution in [3.63, 3.8) is 0 Å². The van der Waals surface area contributed by atoms with Gasteiger partial charge < -0.3 is 19.8 Å². The Kier molecular flexibility index (Phi) is 8.96. The molecule has 0 saturated carbocycles. The van der Waals surface area contributed by atoms with Crippen LogP contribution in [0.15, 0.2) is 18.2 Å². The lowest BCUT2D eigenvalue weighted by Crippen LogP contribution is -2.43. The number of hydrogen-bond donors (Lipinski definition) is 2. The van der Waals surface area contributed by atoms with Crippen molar-refractivity contribution >= 4 is 29.3 Å². The monoisotopic (exact) mass is 369 g/mol. The summed E-state index contributed by atoms with van der Waals surface area (Å²) in [5.74, 6) is -1.34. The van der Waals surface area contributed by atoms with E-state index in [-0.39, 0.29) is 23.5 Å². The van der Waals surface area contributed by atoms with Gasteiger partial charge in [-0.05, 0) is 31.4 Å². The van der Waals surface area contributed by atoms with E-state index in [0.717, 1.165) is 35.0 Å². The average Bonchev–Trinajstić information content (AvgIpc) is 2.56. The minimum atomic E-state index is -1.47. The Morgan fingerprint density at radius 1 is 1.36 bits per heavy atom. The predicted octanol–water partition coefficient (Wildman–Crippen LogP) is 2.10. The molecule has 140 valence electrons. The van der Waals surface area contributed by atoms with Crippen molar-refractivity contribution < 1.29 is 24.5 Å². The van der Waals surface area contributed by atoms with Crippen LogP contribution in [-0.4, -0.2) is 59.5 Å². The van der Waals surface area contributed by atoms with E-state index < -0.39 is 12.1 Å². The molecule has 25 heavy (non-hydrogen) atoms. The number of aliphatic hydroxyl groups excluding tert-OH is 1. The van der Waals surface area contributed by atoms with Crippen LogP contribution in [0, 0.1) is 6.92 Å². The van der Waals surface area contributed by atoms with E-state index in [4.69, 9.17) is 9.84 Å². The van der Waals surface area contributed by atoms with Gasteiger partial charge in [0.2, 0.25) is 5.91 Å². The van der Waals surface area contributed by atoms with Crippen LogP contribution in [0.5, 0.6) is 0 Å². The number of carbonyl (C=O) groups is 2. The number of thioether (sulfide) groups is 1. The average molecular weight is 369 g/mol. The summed E-state index contributed by atoms with van der Waals surface area (Å²) in [6.45, 7) is 6.32. The molecule has 2 N–H and O–H groups in total. The van der Waals surface area contributed by atoms with Crippen LogP contribution >= 0.6 is 11.8 Å². The fourth-order valence-corrected chi connectivity index (χ4v) is 3.45. The molecule has 7 heteroatoms. The molecule has 0 fully saturated rings. The summed E-state index contributed by atoms with van der Waals surface area (Å²) in [6, 6.07) is 5.78. The van der Waals surface area contributed by atoms with Gasteiger partial charge in [0.1, 0.15) is 0 Å². The number of rotatable bonds is 10. The lowest BCUT2D eigenvalue weighted by Gasteiger charge is -2.32. The second-order valence-electron chi connectivity index (χ2n) is 5.87. The maximum atomic E-state index is 12.9. The van der Waals surface area contributed by atoms with Gasteiger partial charge in [-0.1, -0.05) is 25.1 Å². The van der Waals surface area contributed by atoms with Crippen LogP contribution in [-0.2, 0) is 20.7 Å². The highest BCUT2D eigenvalue weighted by Gasteiger charge is 2.26. The van der Waals surface area contributed by atoms with Gasteiger partial charge in [-0.15, -0.1) is 11.8 Å². The van der Waals surface area contributed by atoms with Crippen molar-refractivity contribution in [1.29, 1.82) is 0 Å². The number of nitrogens with zero attached hydrogens (tertiary/aromatic N) is 1. The second kappa shape index (κ2) is 10.4. The smallest absolute Gasteiger partial charge is 0.333 e. The quantitative estimate of drug-likeness (QED) is 0.657. The summed E-state index contributed by atoms with van der Waals surface area (Å²) >= 11 is 1.11. The topological polar surface area (TPSA) is 87.1 Å². The normalized spacial score (nSPS) is 13.3. The molecule has 1 aromatic carbocycles. The van der Waals surface area contributed by atoms with Crippen LogP contribution in [0.25, 0.3) is 0 Å². The first kappa shape index (κ1) is 21.5. The van der Waals surface area contributed by atoms with Crippen molar-refractivity contribution in [2.24, 2.45) is 0 Å². The molecular formula is C18H27NO5S. The van der Waals surface area contributed by atoms with Gasteiger partial charge in [-0.2, -0.15) is 0 Å². The number of carboxylic acid groups (broad SMARTS) is 1. The summed E-state index contributed by atoms with van der Waals surface area (Å²) in [5, 5.41) is 18.1. The molecule has 0 saturated heterocycles. The van der Waals surface area contributed by atoms with Crippen molar-refractivity contribution in [3.8, 4) is 0 Å². The van der Waals surface area contributed by atoms with Crippen molar-refractivity contribution in [2.45, 2.75) is 39.3 Å². The Labute approximate surface area is 153 Å². The number of carboxylic acids is 1. The number of methoxy groups -OCH3 is 1. The SMILES string of the molecule is CCc1cccc(C)c1N(C(=O)CSCC(O)C(=O)O)[C@@H](C)COC. The van der Waals surface area contributed by atoms with Crippen LogP contribution < -0.4 is 4.90 Å². The number of aliphatic hydroxyl groups is 1. The largest absolute Gasteiger partial charge is 0.479 e. The number of aryl methyl sites for hydroxylation is 2. The van der Waals surface area contributed by atoms with Gasteiger partial charge in [-0.3, -0.25) is 4.79 Å². The number of hydrogen-bond acceptors (Lipinski definition) is 5. The predicted molar refractivity (Wildman–Crippen MR) is 100 cm³/mol. The fourth-order valence-electron chi connectivity index (χ4n) is 2.66. The van der Waals surface area contributed by atoms with Gasteiger partial charge in [0.05, 0.1) is 24.1 Å². The van der Waals surface area contributed by atoms with E-state index in [9.17, 15) is 14.7 Å². The zero-order chi connectivity index (χ0) is 19.0. The number of carbonyl (C=O) groups excluding carboxylic acids is 1. The number of anilines is 1. The Morgan fingerprint density at radius 3 is 2.60 bits per heavy atom. The first-order chi connectivity index (χ1) is 11.8. The Morgan fingerprint density at radius 2 is 2.04 bits per heavy atom. The number of para-hydroxylation sites is 1. The fraction of sp³-hybridized carbons (Fsp3) is 0.556. The molecule has 1 rings (SSSR count). The molecule has 1 unspecified atom stereocenters. The van der Waals surface area contributed by atoms with Gasteiger partial charge in [-0.25, -0.2) is 4.79 Å². The molecule has 0 aliphatic carbocycles. The third kappa shape index (κ3) is 6.02. The van der Waals surface area contributed by atoms with E-state index in [1.807, 2.05) is 39.0 Å². The molecule has 0 aromatic heterocycles. The van der Waals surface area contributed by atoms with Gasteiger partial charge in [0, 0.05) is 12.9 Å². The maximum Gasteiger partial charge on any atom is 0.333 e. The third-order valence-corrected chi connectivity index (χ3v) is 4.85. The lowest BCUT2D eigenvalue weighted by molar-refractivity contribution is -0.145. The minimum absolute atomic E-state index is 0.0258. The standard InChI is InChI=1S/C18H27NO5S/c1-5-14-8-6-7-12(2)17(14)19(13(3)9-24-4)16(21)11-25-10-15(20)18(22)23/h6-8,13,15,20H,5,9-11H2,1-4H3,(H,22,23)/t13-,15?/m0/s1. The molecule has 2 atom stereocenters. The molecule has 0 bridgehead atoms. The van der Waals surface area contributed by atoms with E-state index >= 15 is 0 Å². The Bertz CT molecular complexity index is 593. The number of aliphatic carboxylic acids is 1. The first-order valence-electron chi connectivity index (χ1n) is 8.21. The maximum absolute atomic E-state index is 12.9. The van der Waals surface area contributed by atoms with Crippen LogP contribution in [0.3, 0.4) is 0 Å².